The number of nitrogens with zero attached hydrogens (tertiary/aromatic N) is 4. The summed E-state index contributed by atoms with van der Waals surface area (Å²) in [4.78, 5) is 45.8. The van der Waals surface area contributed by atoms with Gasteiger partial charge in [0.1, 0.15) is 12.3 Å². The number of fused-ring (bicyclic) bond motifs is 1. The SMILES string of the molecule is COc1ccc(CCC(=O)N2CCCN(C(=O)Cn3c(=O)cnc4ccccc43)CC2)cc1. The molecule has 2 amide bonds. The molecule has 4 rings (SSSR count). The topological polar surface area (TPSA) is 84.7 Å². The maximum absolute atomic E-state index is 13.0. The van der Waals surface area contributed by atoms with Crippen molar-refractivity contribution in [2.45, 2.75) is 25.8 Å². The zero-order valence-electron chi connectivity index (χ0n) is 18.8. The quantitative estimate of drug-likeness (QED) is 0.577. The summed E-state index contributed by atoms with van der Waals surface area (Å²) >= 11 is 0. The van der Waals surface area contributed by atoms with Gasteiger partial charge >= 0.3 is 0 Å². The minimum Gasteiger partial charge on any atom is -0.497 e. The van der Waals surface area contributed by atoms with Crippen molar-refractivity contribution in [3.05, 3.63) is 70.6 Å². The number of benzene rings is 2. The van der Waals surface area contributed by atoms with Crippen molar-refractivity contribution >= 4 is 22.8 Å². The third-order valence-corrected chi connectivity index (χ3v) is 6.03. The number of para-hydroxylation sites is 2. The summed E-state index contributed by atoms with van der Waals surface area (Å²) in [5.74, 6) is 0.766. The lowest BCUT2D eigenvalue weighted by Gasteiger charge is -2.23. The van der Waals surface area contributed by atoms with Gasteiger partial charge in [-0.1, -0.05) is 24.3 Å². The number of carbonyl (C=O) groups excluding carboxylic acids is 2. The highest BCUT2D eigenvalue weighted by Gasteiger charge is 2.22. The predicted octanol–water partition coefficient (Wildman–Crippen LogP) is 2.10. The van der Waals surface area contributed by atoms with Crippen LogP contribution < -0.4 is 10.3 Å². The molecule has 0 unspecified atom stereocenters. The molecule has 1 aromatic heterocycles. The fourth-order valence-corrected chi connectivity index (χ4v) is 4.13. The van der Waals surface area contributed by atoms with E-state index in [0.717, 1.165) is 11.3 Å². The smallest absolute Gasteiger partial charge is 0.269 e. The summed E-state index contributed by atoms with van der Waals surface area (Å²) in [6.07, 6.45) is 3.06. The molecule has 0 atom stereocenters. The maximum Gasteiger partial charge on any atom is 0.269 e. The molecule has 172 valence electrons. The number of hydrogen-bond acceptors (Lipinski definition) is 5. The van der Waals surface area contributed by atoms with E-state index < -0.39 is 0 Å². The molecule has 0 N–H and O–H groups in total. The van der Waals surface area contributed by atoms with Gasteiger partial charge in [-0.2, -0.15) is 0 Å². The van der Waals surface area contributed by atoms with E-state index in [4.69, 9.17) is 4.74 Å². The van der Waals surface area contributed by atoms with Crippen LogP contribution in [-0.4, -0.2) is 64.5 Å². The maximum atomic E-state index is 13.0. The standard InChI is InChI=1S/C25H28N4O4/c1-33-20-10-7-19(8-11-20)9-12-23(30)27-13-4-14-28(16-15-27)25(32)18-29-22-6-3-2-5-21(22)26-17-24(29)31/h2-3,5-8,10-11,17H,4,9,12-16,18H2,1H3. The van der Waals surface area contributed by atoms with E-state index in [9.17, 15) is 14.4 Å². The van der Waals surface area contributed by atoms with E-state index in [0.29, 0.717) is 56.5 Å². The third-order valence-electron chi connectivity index (χ3n) is 6.03. The summed E-state index contributed by atoms with van der Waals surface area (Å²) in [6, 6.07) is 15.0. The Kier molecular flexibility index (Phi) is 7.02. The van der Waals surface area contributed by atoms with Gasteiger partial charge < -0.3 is 14.5 Å². The van der Waals surface area contributed by atoms with Gasteiger partial charge in [0, 0.05) is 32.6 Å². The summed E-state index contributed by atoms with van der Waals surface area (Å²) in [5.41, 5.74) is 2.11. The molecule has 1 saturated heterocycles. The van der Waals surface area contributed by atoms with E-state index in [1.165, 1.54) is 10.8 Å². The summed E-state index contributed by atoms with van der Waals surface area (Å²) < 4.78 is 6.63. The second kappa shape index (κ2) is 10.3. The molecule has 1 aliphatic rings. The minimum atomic E-state index is -0.299. The van der Waals surface area contributed by atoms with Crippen molar-refractivity contribution in [1.29, 1.82) is 0 Å². The Morgan fingerprint density at radius 1 is 0.939 bits per heavy atom. The lowest BCUT2D eigenvalue weighted by molar-refractivity contribution is -0.133. The lowest BCUT2D eigenvalue weighted by Crippen LogP contribution is -2.40. The molecule has 33 heavy (non-hydrogen) atoms. The van der Waals surface area contributed by atoms with E-state index in [2.05, 4.69) is 4.98 Å². The van der Waals surface area contributed by atoms with Crippen LogP contribution in [-0.2, 0) is 22.6 Å². The molecule has 8 heteroatoms. The highest BCUT2D eigenvalue weighted by molar-refractivity contribution is 5.80. The van der Waals surface area contributed by atoms with Crippen LogP contribution in [0.25, 0.3) is 11.0 Å². The Bertz CT molecular complexity index is 1190. The molecule has 8 nitrogen and oxygen atoms in total. The van der Waals surface area contributed by atoms with Gasteiger partial charge in [-0.25, -0.2) is 4.98 Å². The number of aromatic nitrogens is 2. The van der Waals surface area contributed by atoms with E-state index in [1.807, 2.05) is 47.4 Å². The second-order valence-corrected chi connectivity index (χ2v) is 8.13. The third kappa shape index (κ3) is 5.39. The van der Waals surface area contributed by atoms with Crippen molar-refractivity contribution in [3.63, 3.8) is 0 Å². The molecule has 0 bridgehead atoms. The monoisotopic (exact) mass is 448 g/mol. The number of rotatable bonds is 6. The fourth-order valence-electron chi connectivity index (χ4n) is 4.13. The van der Waals surface area contributed by atoms with Gasteiger partial charge in [0.25, 0.3) is 5.56 Å². The first-order chi connectivity index (χ1) is 16.0. The van der Waals surface area contributed by atoms with Crippen LogP contribution in [0.1, 0.15) is 18.4 Å². The molecule has 0 spiro atoms. The number of aryl methyl sites for hydroxylation is 1. The molecule has 0 saturated carbocycles. The highest BCUT2D eigenvalue weighted by atomic mass is 16.5. The van der Waals surface area contributed by atoms with Gasteiger partial charge in [0.2, 0.25) is 11.8 Å². The molecule has 0 radical (unpaired) electrons. The molecule has 2 heterocycles. The van der Waals surface area contributed by atoms with Crippen LogP contribution in [0.15, 0.2) is 59.5 Å². The second-order valence-electron chi connectivity index (χ2n) is 8.13. The molecular formula is C25H28N4O4. The Labute approximate surface area is 192 Å². The Morgan fingerprint density at radius 3 is 2.36 bits per heavy atom. The average molecular weight is 449 g/mol. The number of methoxy groups -OCH3 is 1. The van der Waals surface area contributed by atoms with Crippen molar-refractivity contribution in [1.82, 2.24) is 19.4 Å². The zero-order valence-corrected chi connectivity index (χ0v) is 18.8. The van der Waals surface area contributed by atoms with Crippen LogP contribution in [0.3, 0.4) is 0 Å². The van der Waals surface area contributed by atoms with Crippen LogP contribution in [0, 0.1) is 0 Å². The van der Waals surface area contributed by atoms with Gasteiger partial charge in [-0.15, -0.1) is 0 Å². The largest absolute Gasteiger partial charge is 0.497 e. The number of carbonyl (C=O) groups is 2. The first-order valence-corrected chi connectivity index (χ1v) is 11.2. The fraction of sp³-hybridized carbons (Fsp3) is 0.360. The number of hydrogen-bond donors (Lipinski definition) is 0. The van der Waals surface area contributed by atoms with E-state index in [-0.39, 0.29) is 23.9 Å². The lowest BCUT2D eigenvalue weighted by atomic mass is 10.1. The minimum absolute atomic E-state index is 0.0344. The first kappa shape index (κ1) is 22.5. The summed E-state index contributed by atoms with van der Waals surface area (Å²) in [5, 5.41) is 0. The normalized spacial score (nSPS) is 14.2. The molecular weight excluding hydrogens is 420 g/mol. The first-order valence-electron chi connectivity index (χ1n) is 11.2. The summed E-state index contributed by atoms with van der Waals surface area (Å²) in [7, 11) is 1.63. The van der Waals surface area contributed by atoms with Crippen molar-refractivity contribution in [3.8, 4) is 5.75 Å². The molecule has 3 aromatic rings. The van der Waals surface area contributed by atoms with Crippen LogP contribution >= 0.6 is 0 Å². The average Bonchev–Trinajstić information content (AvgIpc) is 3.11. The van der Waals surface area contributed by atoms with Crippen LogP contribution in [0.2, 0.25) is 0 Å². The van der Waals surface area contributed by atoms with Gasteiger partial charge in [-0.05, 0) is 42.7 Å². The molecule has 1 fully saturated rings. The van der Waals surface area contributed by atoms with Crippen molar-refractivity contribution < 1.29 is 14.3 Å². The van der Waals surface area contributed by atoms with E-state index in [1.54, 1.807) is 18.1 Å². The van der Waals surface area contributed by atoms with Crippen LogP contribution in [0.5, 0.6) is 5.75 Å². The van der Waals surface area contributed by atoms with Gasteiger partial charge in [0.05, 0.1) is 24.3 Å². The predicted molar refractivity (Wildman–Crippen MR) is 125 cm³/mol. The molecule has 0 aliphatic carbocycles. The molecule has 1 aliphatic heterocycles. The van der Waals surface area contributed by atoms with Gasteiger partial charge in [-0.3, -0.25) is 19.0 Å². The zero-order chi connectivity index (χ0) is 23.2. The number of ether oxygens (including phenoxy) is 1. The van der Waals surface area contributed by atoms with Gasteiger partial charge in [0.15, 0.2) is 0 Å². The van der Waals surface area contributed by atoms with Crippen LogP contribution in [0.4, 0.5) is 0 Å². The van der Waals surface area contributed by atoms with E-state index >= 15 is 0 Å². The summed E-state index contributed by atoms with van der Waals surface area (Å²) in [6.45, 7) is 2.12. The Hall–Kier alpha value is -3.68. The Morgan fingerprint density at radius 2 is 1.64 bits per heavy atom. The number of amides is 2. The van der Waals surface area contributed by atoms with Crippen molar-refractivity contribution in [2.75, 3.05) is 33.3 Å². The van der Waals surface area contributed by atoms with Crippen molar-refractivity contribution in [2.24, 2.45) is 0 Å². The highest BCUT2D eigenvalue weighted by Crippen LogP contribution is 2.14. The Balaban J connectivity index is 1.34. The molecule has 2 aromatic carbocycles.